The third-order valence-electron chi connectivity index (χ3n) is 7.36. The van der Waals surface area contributed by atoms with E-state index in [9.17, 15) is 0 Å². The van der Waals surface area contributed by atoms with Crippen molar-refractivity contribution < 1.29 is 0 Å². The van der Waals surface area contributed by atoms with Gasteiger partial charge in [0.05, 0.1) is 0 Å². The minimum Gasteiger partial charge on any atom is -0.0616 e. The van der Waals surface area contributed by atoms with Crippen LogP contribution in [0.2, 0.25) is 0 Å². The van der Waals surface area contributed by atoms with Crippen LogP contribution >= 0.6 is 0 Å². The zero-order valence-corrected chi connectivity index (χ0v) is 17.7. The lowest BCUT2D eigenvalue weighted by molar-refractivity contribution is 0.647. The first-order valence-corrected chi connectivity index (χ1v) is 11.0. The highest BCUT2D eigenvalue weighted by atomic mass is 14.4. The first-order chi connectivity index (χ1) is 15.1. The quantitative estimate of drug-likeness (QED) is 0.179. The van der Waals surface area contributed by atoms with E-state index in [1.165, 1.54) is 65.3 Å². The van der Waals surface area contributed by atoms with Crippen molar-refractivity contribution in [3.8, 4) is 11.1 Å². The number of benzene rings is 6. The maximum atomic E-state index is 2.44. The molecule has 7 rings (SSSR count). The van der Waals surface area contributed by atoms with Gasteiger partial charge in [-0.1, -0.05) is 80.6 Å². The molecule has 31 heavy (non-hydrogen) atoms. The highest BCUT2D eigenvalue weighted by Gasteiger charge is 2.34. The van der Waals surface area contributed by atoms with Crippen LogP contribution in [0.1, 0.15) is 25.0 Å². The molecule has 1 aliphatic carbocycles. The summed E-state index contributed by atoms with van der Waals surface area (Å²) < 4.78 is 0. The molecule has 0 spiro atoms. The lowest BCUT2D eigenvalue weighted by Crippen LogP contribution is -2.23. The van der Waals surface area contributed by atoms with Crippen molar-refractivity contribution in [3.05, 3.63) is 108 Å². The molecule has 6 aromatic rings. The fourth-order valence-corrected chi connectivity index (χ4v) is 5.76. The molecule has 1 aliphatic rings. The predicted molar refractivity (Wildman–Crippen MR) is 134 cm³/mol. The lowest BCUT2D eigenvalue weighted by Gasteiger charge is -2.36. The Kier molecular flexibility index (Phi) is 3.16. The average molecular weight is 395 g/mol. The summed E-state index contributed by atoms with van der Waals surface area (Å²) in [6, 6.07) is 36.3. The first-order valence-electron chi connectivity index (χ1n) is 11.0. The normalized spacial score (nSPS) is 14.4. The fraction of sp³-hybridized carbons (Fsp3) is 0.0968. The zero-order valence-electron chi connectivity index (χ0n) is 17.7. The summed E-state index contributed by atoms with van der Waals surface area (Å²) in [5, 5.41) is 10.7. The zero-order chi connectivity index (χ0) is 20.7. The smallest absolute Gasteiger partial charge is 0.0159 e. The maximum absolute atomic E-state index is 2.44. The Hall–Kier alpha value is -3.64. The molecule has 0 unspecified atom stereocenters. The van der Waals surface area contributed by atoms with Crippen LogP contribution < -0.4 is 0 Å². The fourth-order valence-electron chi connectivity index (χ4n) is 5.76. The molecule has 0 nitrogen and oxygen atoms in total. The van der Waals surface area contributed by atoms with Crippen LogP contribution in [0.4, 0.5) is 0 Å². The van der Waals surface area contributed by atoms with Crippen molar-refractivity contribution in [1.82, 2.24) is 0 Å². The van der Waals surface area contributed by atoms with Crippen LogP contribution in [0.3, 0.4) is 0 Å². The van der Waals surface area contributed by atoms with E-state index in [4.69, 9.17) is 0 Å². The summed E-state index contributed by atoms with van der Waals surface area (Å²) in [5.74, 6) is 0. The largest absolute Gasteiger partial charge is 0.0616 e. The van der Waals surface area contributed by atoms with Gasteiger partial charge in [-0.05, 0) is 95.7 Å². The van der Waals surface area contributed by atoms with Crippen LogP contribution in [0, 0.1) is 0 Å². The van der Waals surface area contributed by atoms with Gasteiger partial charge in [0.2, 0.25) is 0 Å². The summed E-state index contributed by atoms with van der Waals surface area (Å²) in [6.45, 7) is 4.77. The molecule has 0 saturated heterocycles. The highest BCUT2D eigenvalue weighted by molar-refractivity contribution is 6.16. The van der Waals surface area contributed by atoms with Gasteiger partial charge < -0.3 is 0 Å². The van der Waals surface area contributed by atoms with Gasteiger partial charge in [0, 0.05) is 5.41 Å². The van der Waals surface area contributed by atoms with E-state index in [0.717, 1.165) is 0 Å². The van der Waals surface area contributed by atoms with Crippen LogP contribution in [0.25, 0.3) is 54.2 Å². The molecule has 146 valence electrons. The SMILES string of the molecule is CC1(C)c2cc3cc4ccccc4cc3cc2-c2cccc3c2c1cc1ccccc13. The summed E-state index contributed by atoms with van der Waals surface area (Å²) >= 11 is 0. The molecule has 0 aromatic heterocycles. The summed E-state index contributed by atoms with van der Waals surface area (Å²) in [4.78, 5) is 0. The Morgan fingerprint density at radius 3 is 1.84 bits per heavy atom. The summed E-state index contributed by atoms with van der Waals surface area (Å²) in [5.41, 5.74) is 5.53. The highest BCUT2D eigenvalue weighted by Crippen LogP contribution is 2.51. The topological polar surface area (TPSA) is 0 Å². The second-order valence-electron chi connectivity index (χ2n) is 9.44. The molecular formula is C31H22. The van der Waals surface area contributed by atoms with Gasteiger partial charge in [-0.15, -0.1) is 0 Å². The van der Waals surface area contributed by atoms with Gasteiger partial charge in [-0.2, -0.15) is 0 Å². The molecule has 0 aliphatic heterocycles. The monoisotopic (exact) mass is 394 g/mol. The van der Waals surface area contributed by atoms with Crippen molar-refractivity contribution in [2.75, 3.05) is 0 Å². The van der Waals surface area contributed by atoms with Crippen molar-refractivity contribution in [2.24, 2.45) is 0 Å². The second kappa shape index (κ2) is 5.74. The van der Waals surface area contributed by atoms with Crippen LogP contribution in [-0.4, -0.2) is 0 Å². The van der Waals surface area contributed by atoms with E-state index in [-0.39, 0.29) is 5.41 Å². The molecule has 0 radical (unpaired) electrons. The molecule has 0 N–H and O–H groups in total. The van der Waals surface area contributed by atoms with E-state index >= 15 is 0 Å². The summed E-state index contributed by atoms with van der Waals surface area (Å²) in [6.07, 6.45) is 0. The van der Waals surface area contributed by atoms with Crippen molar-refractivity contribution in [2.45, 2.75) is 19.3 Å². The molecule has 0 bridgehead atoms. The Morgan fingerprint density at radius 2 is 1.06 bits per heavy atom. The Morgan fingerprint density at radius 1 is 0.452 bits per heavy atom. The minimum atomic E-state index is -0.0637. The number of rotatable bonds is 0. The molecule has 0 heterocycles. The number of hydrogen-bond donors (Lipinski definition) is 0. The van der Waals surface area contributed by atoms with Gasteiger partial charge in [-0.3, -0.25) is 0 Å². The third kappa shape index (κ3) is 2.20. The molecular weight excluding hydrogens is 372 g/mol. The van der Waals surface area contributed by atoms with E-state index in [1.54, 1.807) is 0 Å². The molecule has 0 amide bonds. The van der Waals surface area contributed by atoms with Crippen LogP contribution in [0.15, 0.2) is 97.1 Å². The van der Waals surface area contributed by atoms with E-state index in [0.29, 0.717) is 0 Å². The maximum Gasteiger partial charge on any atom is 0.0159 e. The van der Waals surface area contributed by atoms with E-state index in [1.807, 2.05) is 0 Å². The van der Waals surface area contributed by atoms with Gasteiger partial charge in [0.15, 0.2) is 0 Å². The standard InChI is InChI=1S/C31H22/c1-31(2)28-18-23-15-20-9-4-3-8-19(20)14-22(23)16-27(28)26-13-7-12-25-24-11-6-5-10-21(24)17-29(31)30(25)26/h3-18H,1-2H3. The van der Waals surface area contributed by atoms with Crippen LogP contribution in [-0.2, 0) is 5.41 Å². The third-order valence-corrected chi connectivity index (χ3v) is 7.36. The van der Waals surface area contributed by atoms with Gasteiger partial charge in [-0.25, -0.2) is 0 Å². The van der Waals surface area contributed by atoms with Gasteiger partial charge in [0.25, 0.3) is 0 Å². The van der Waals surface area contributed by atoms with Crippen molar-refractivity contribution in [1.29, 1.82) is 0 Å². The first kappa shape index (κ1) is 17.1. The molecule has 0 saturated carbocycles. The average Bonchev–Trinajstić information content (AvgIpc) is 2.80. The second-order valence-corrected chi connectivity index (χ2v) is 9.44. The molecule has 0 fully saturated rings. The van der Waals surface area contributed by atoms with Gasteiger partial charge in [0.1, 0.15) is 0 Å². The molecule has 0 heteroatoms. The Balaban J connectivity index is 1.67. The van der Waals surface area contributed by atoms with E-state index < -0.39 is 0 Å². The Bertz CT molecular complexity index is 1700. The van der Waals surface area contributed by atoms with Crippen LogP contribution in [0.5, 0.6) is 0 Å². The van der Waals surface area contributed by atoms with E-state index in [2.05, 4.69) is 111 Å². The molecule has 0 atom stereocenters. The predicted octanol–water partition coefficient (Wildman–Crippen LogP) is 8.61. The number of fused-ring (bicyclic) bond motifs is 6. The lowest BCUT2D eigenvalue weighted by atomic mass is 9.67. The summed E-state index contributed by atoms with van der Waals surface area (Å²) in [7, 11) is 0. The Labute approximate surface area is 181 Å². The van der Waals surface area contributed by atoms with Crippen molar-refractivity contribution >= 4 is 43.1 Å². The van der Waals surface area contributed by atoms with Gasteiger partial charge >= 0.3 is 0 Å². The van der Waals surface area contributed by atoms with Crippen molar-refractivity contribution in [3.63, 3.8) is 0 Å². The number of hydrogen-bond acceptors (Lipinski definition) is 0. The molecule has 6 aromatic carbocycles. The minimum absolute atomic E-state index is 0.0637.